The normalized spacial score (nSPS) is 11.9. The SMILES string of the molecule is CC(CCNC(=O)c1ccnc(F)c1)C(=O)O. The molecule has 17 heavy (non-hydrogen) atoms. The highest BCUT2D eigenvalue weighted by atomic mass is 19.1. The van der Waals surface area contributed by atoms with Gasteiger partial charge in [-0.3, -0.25) is 9.59 Å². The van der Waals surface area contributed by atoms with Gasteiger partial charge in [0.1, 0.15) is 0 Å². The van der Waals surface area contributed by atoms with Gasteiger partial charge in [-0.15, -0.1) is 0 Å². The molecule has 1 aromatic heterocycles. The molecule has 0 saturated carbocycles. The molecule has 0 aliphatic carbocycles. The Hall–Kier alpha value is -1.98. The van der Waals surface area contributed by atoms with Gasteiger partial charge in [-0.05, 0) is 12.5 Å². The summed E-state index contributed by atoms with van der Waals surface area (Å²) in [4.78, 5) is 25.3. The van der Waals surface area contributed by atoms with E-state index in [2.05, 4.69) is 10.3 Å². The van der Waals surface area contributed by atoms with Crippen molar-refractivity contribution in [3.05, 3.63) is 29.8 Å². The Morgan fingerprint density at radius 3 is 2.88 bits per heavy atom. The Labute approximate surface area is 97.7 Å². The van der Waals surface area contributed by atoms with Crippen LogP contribution in [0.5, 0.6) is 0 Å². The van der Waals surface area contributed by atoms with Crippen molar-refractivity contribution in [3.8, 4) is 0 Å². The van der Waals surface area contributed by atoms with Crippen LogP contribution >= 0.6 is 0 Å². The Morgan fingerprint density at radius 1 is 1.59 bits per heavy atom. The molecule has 1 unspecified atom stereocenters. The van der Waals surface area contributed by atoms with Crippen molar-refractivity contribution in [1.82, 2.24) is 10.3 Å². The lowest BCUT2D eigenvalue weighted by Crippen LogP contribution is -2.27. The molecule has 92 valence electrons. The molecule has 0 aromatic carbocycles. The number of carboxylic acid groups (broad SMARTS) is 1. The maximum absolute atomic E-state index is 12.7. The number of rotatable bonds is 5. The Balaban J connectivity index is 2.43. The molecule has 0 aliphatic heterocycles. The van der Waals surface area contributed by atoms with E-state index < -0.39 is 23.7 Å². The highest BCUT2D eigenvalue weighted by Gasteiger charge is 2.11. The van der Waals surface area contributed by atoms with E-state index in [1.807, 2.05) is 0 Å². The molecule has 0 bridgehead atoms. The summed E-state index contributed by atoms with van der Waals surface area (Å²) in [5.74, 6) is -2.60. The number of amides is 1. The number of halogens is 1. The molecule has 0 aliphatic rings. The number of nitrogens with zero attached hydrogens (tertiary/aromatic N) is 1. The van der Waals surface area contributed by atoms with Crippen LogP contribution in [-0.2, 0) is 4.79 Å². The third-order valence-corrected chi connectivity index (χ3v) is 2.27. The summed E-state index contributed by atoms with van der Waals surface area (Å²) in [6.07, 6.45) is 1.53. The van der Waals surface area contributed by atoms with Crippen LogP contribution in [0, 0.1) is 11.9 Å². The molecule has 1 amide bonds. The van der Waals surface area contributed by atoms with Crippen LogP contribution in [-0.4, -0.2) is 28.5 Å². The molecule has 0 fully saturated rings. The van der Waals surface area contributed by atoms with Crippen molar-refractivity contribution in [2.45, 2.75) is 13.3 Å². The van der Waals surface area contributed by atoms with Gasteiger partial charge in [-0.1, -0.05) is 6.92 Å². The summed E-state index contributed by atoms with van der Waals surface area (Å²) in [5.41, 5.74) is 0.167. The van der Waals surface area contributed by atoms with Crippen LogP contribution in [0.1, 0.15) is 23.7 Å². The van der Waals surface area contributed by atoms with Gasteiger partial charge in [0.05, 0.1) is 5.92 Å². The lowest BCUT2D eigenvalue weighted by molar-refractivity contribution is -0.141. The minimum atomic E-state index is -0.908. The Morgan fingerprint density at radius 2 is 2.29 bits per heavy atom. The predicted octanol–water partition coefficient (Wildman–Crippen LogP) is 1.06. The predicted molar refractivity (Wildman–Crippen MR) is 57.9 cm³/mol. The van der Waals surface area contributed by atoms with Crippen LogP contribution in [0.15, 0.2) is 18.3 Å². The fourth-order valence-corrected chi connectivity index (χ4v) is 1.17. The smallest absolute Gasteiger partial charge is 0.306 e. The summed E-state index contributed by atoms with van der Waals surface area (Å²) in [7, 11) is 0. The van der Waals surface area contributed by atoms with Gasteiger partial charge < -0.3 is 10.4 Å². The van der Waals surface area contributed by atoms with Crippen molar-refractivity contribution >= 4 is 11.9 Å². The molecule has 0 spiro atoms. The highest BCUT2D eigenvalue weighted by Crippen LogP contribution is 2.02. The second kappa shape index (κ2) is 5.93. The maximum Gasteiger partial charge on any atom is 0.306 e. The van der Waals surface area contributed by atoms with Crippen LogP contribution in [0.4, 0.5) is 4.39 Å². The van der Waals surface area contributed by atoms with Crippen LogP contribution < -0.4 is 5.32 Å². The Kier molecular flexibility index (Phi) is 4.56. The average molecular weight is 240 g/mol. The molecule has 0 saturated heterocycles. The number of hydrogen-bond acceptors (Lipinski definition) is 3. The molecule has 1 aromatic rings. The zero-order valence-electron chi connectivity index (χ0n) is 9.31. The molecular formula is C11H13FN2O3. The number of hydrogen-bond donors (Lipinski definition) is 2. The molecule has 1 heterocycles. The van der Waals surface area contributed by atoms with E-state index in [9.17, 15) is 14.0 Å². The number of aliphatic carboxylic acids is 1. The zero-order valence-corrected chi connectivity index (χ0v) is 9.31. The molecule has 1 atom stereocenters. The molecule has 0 radical (unpaired) electrons. The van der Waals surface area contributed by atoms with Gasteiger partial charge >= 0.3 is 5.97 Å². The van der Waals surface area contributed by atoms with E-state index in [4.69, 9.17) is 5.11 Å². The van der Waals surface area contributed by atoms with Crippen LogP contribution in [0.2, 0.25) is 0 Å². The number of pyridine rings is 1. The van der Waals surface area contributed by atoms with E-state index in [1.54, 1.807) is 6.92 Å². The lowest BCUT2D eigenvalue weighted by atomic mass is 10.1. The van der Waals surface area contributed by atoms with E-state index in [1.165, 1.54) is 12.3 Å². The topological polar surface area (TPSA) is 79.3 Å². The summed E-state index contributed by atoms with van der Waals surface area (Å²) in [6.45, 7) is 1.79. The van der Waals surface area contributed by atoms with Gasteiger partial charge in [0.15, 0.2) is 0 Å². The van der Waals surface area contributed by atoms with Crippen molar-refractivity contribution in [2.75, 3.05) is 6.54 Å². The summed E-state index contributed by atoms with van der Waals surface area (Å²) in [6, 6.07) is 2.41. The van der Waals surface area contributed by atoms with Crippen LogP contribution in [0.25, 0.3) is 0 Å². The van der Waals surface area contributed by atoms with Crippen molar-refractivity contribution in [2.24, 2.45) is 5.92 Å². The number of carbonyl (C=O) groups excluding carboxylic acids is 1. The third kappa shape index (κ3) is 4.18. The standard InChI is InChI=1S/C11H13FN2O3/c1-7(11(16)17)2-4-14-10(15)8-3-5-13-9(12)6-8/h3,5-7H,2,4H2,1H3,(H,14,15)(H,16,17). The lowest BCUT2D eigenvalue weighted by Gasteiger charge is -2.07. The molecule has 6 heteroatoms. The Bertz CT molecular complexity index is 423. The highest BCUT2D eigenvalue weighted by molar-refractivity contribution is 5.93. The number of carbonyl (C=O) groups is 2. The summed E-state index contributed by atoms with van der Waals surface area (Å²) < 4.78 is 12.7. The van der Waals surface area contributed by atoms with Crippen molar-refractivity contribution < 1.29 is 19.1 Å². The maximum atomic E-state index is 12.7. The minimum absolute atomic E-state index is 0.167. The largest absolute Gasteiger partial charge is 0.481 e. The first kappa shape index (κ1) is 13.1. The van der Waals surface area contributed by atoms with E-state index >= 15 is 0 Å². The third-order valence-electron chi connectivity index (χ3n) is 2.27. The van der Waals surface area contributed by atoms with E-state index in [-0.39, 0.29) is 12.1 Å². The zero-order chi connectivity index (χ0) is 12.8. The number of aromatic nitrogens is 1. The monoisotopic (exact) mass is 240 g/mol. The molecule has 5 nitrogen and oxygen atoms in total. The molecular weight excluding hydrogens is 227 g/mol. The number of carboxylic acids is 1. The van der Waals surface area contributed by atoms with Gasteiger partial charge in [-0.2, -0.15) is 4.39 Å². The number of nitrogens with one attached hydrogen (secondary N) is 1. The van der Waals surface area contributed by atoms with Crippen molar-refractivity contribution in [1.29, 1.82) is 0 Å². The van der Waals surface area contributed by atoms with Gasteiger partial charge in [0.25, 0.3) is 5.91 Å². The summed E-state index contributed by atoms with van der Waals surface area (Å²) in [5, 5.41) is 11.1. The second-order valence-corrected chi connectivity index (χ2v) is 3.65. The van der Waals surface area contributed by atoms with Gasteiger partial charge in [0.2, 0.25) is 5.95 Å². The van der Waals surface area contributed by atoms with Gasteiger partial charge in [0, 0.05) is 24.4 Å². The van der Waals surface area contributed by atoms with Gasteiger partial charge in [-0.25, -0.2) is 4.98 Å². The fraction of sp³-hybridized carbons (Fsp3) is 0.364. The van der Waals surface area contributed by atoms with E-state index in [0.717, 1.165) is 6.07 Å². The first-order valence-electron chi connectivity index (χ1n) is 5.13. The molecule has 2 N–H and O–H groups in total. The van der Waals surface area contributed by atoms with Crippen molar-refractivity contribution in [3.63, 3.8) is 0 Å². The molecule has 1 rings (SSSR count). The van der Waals surface area contributed by atoms with Crippen LogP contribution in [0.3, 0.4) is 0 Å². The quantitative estimate of drug-likeness (QED) is 0.754. The second-order valence-electron chi connectivity index (χ2n) is 3.65. The first-order valence-corrected chi connectivity index (χ1v) is 5.13. The fourth-order valence-electron chi connectivity index (χ4n) is 1.17. The first-order chi connectivity index (χ1) is 8.00. The van der Waals surface area contributed by atoms with E-state index in [0.29, 0.717) is 6.42 Å². The summed E-state index contributed by atoms with van der Waals surface area (Å²) >= 11 is 0. The minimum Gasteiger partial charge on any atom is -0.481 e. The average Bonchev–Trinajstić information content (AvgIpc) is 2.28.